The summed E-state index contributed by atoms with van der Waals surface area (Å²) >= 11 is 0. The summed E-state index contributed by atoms with van der Waals surface area (Å²) in [5, 5.41) is 17.4. The Morgan fingerprint density at radius 1 is 1.00 bits per heavy atom. The van der Waals surface area contributed by atoms with Gasteiger partial charge in [0.25, 0.3) is 0 Å². The topological polar surface area (TPSA) is 44.0 Å². The number of aliphatic hydroxyl groups excluding tert-OH is 1. The standard InChI is InChI=1S/C11H5F6NO/c12-10(13,14)7-3-6(9(19)1-2-18)4-8(5-7)11(15,16)17/h1,3-5,19H/b9-1+. The van der Waals surface area contributed by atoms with Crippen molar-refractivity contribution in [3.63, 3.8) is 0 Å². The summed E-state index contributed by atoms with van der Waals surface area (Å²) in [7, 11) is 0. The molecule has 0 radical (unpaired) electrons. The number of aliphatic hydroxyl groups is 1. The van der Waals surface area contributed by atoms with Crippen molar-refractivity contribution in [2.24, 2.45) is 0 Å². The van der Waals surface area contributed by atoms with Crippen LogP contribution in [0.2, 0.25) is 0 Å². The summed E-state index contributed by atoms with van der Waals surface area (Å²) < 4.78 is 74.7. The van der Waals surface area contributed by atoms with Gasteiger partial charge in [0, 0.05) is 5.56 Å². The molecule has 0 fully saturated rings. The van der Waals surface area contributed by atoms with E-state index in [2.05, 4.69) is 0 Å². The van der Waals surface area contributed by atoms with Gasteiger partial charge in [-0.2, -0.15) is 31.6 Å². The zero-order chi connectivity index (χ0) is 14.8. The van der Waals surface area contributed by atoms with Crippen LogP contribution in [0.4, 0.5) is 26.3 Å². The Morgan fingerprint density at radius 2 is 1.42 bits per heavy atom. The number of hydrogen-bond donors (Lipinski definition) is 1. The fourth-order valence-corrected chi connectivity index (χ4v) is 1.25. The minimum Gasteiger partial charge on any atom is -0.507 e. The molecule has 0 aliphatic rings. The highest BCUT2D eigenvalue weighted by Crippen LogP contribution is 2.37. The fourth-order valence-electron chi connectivity index (χ4n) is 1.25. The van der Waals surface area contributed by atoms with Crippen LogP contribution in [0.25, 0.3) is 5.76 Å². The van der Waals surface area contributed by atoms with Crippen LogP contribution >= 0.6 is 0 Å². The van der Waals surface area contributed by atoms with Crippen molar-refractivity contribution >= 4 is 5.76 Å². The predicted octanol–water partition coefficient (Wildman–Crippen LogP) is 4.15. The molecule has 0 bridgehead atoms. The average Bonchev–Trinajstić information content (AvgIpc) is 2.26. The van der Waals surface area contributed by atoms with Gasteiger partial charge in [0.05, 0.1) is 23.3 Å². The van der Waals surface area contributed by atoms with Gasteiger partial charge in [0.15, 0.2) is 0 Å². The summed E-state index contributed by atoms with van der Waals surface area (Å²) in [6.07, 6.45) is -9.55. The minimum atomic E-state index is -5.00. The number of allylic oxidation sites excluding steroid dienone is 1. The van der Waals surface area contributed by atoms with Gasteiger partial charge in [-0.25, -0.2) is 0 Å². The molecular formula is C11H5F6NO. The van der Waals surface area contributed by atoms with Crippen LogP contribution in [0.15, 0.2) is 24.3 Å². The molecule has 0 spiro atoms. The number of halogens is 6. The maximum Gasteiger partial charge on any atom is 0.416 e. The predicted molar refractivity (Wildman–Crippen MR) is 52.7 cm³/mol. The molecule has 0 aliphatic carbocycles. The highest BCUT2D eigenvalue weighted by atomic mass is 19.4. The molecule has 0 saturated heterocycles. The Hall–Kier alpha value is -2.17. The molecule has 19 heavy (non-hydrogen) atoms. The molecule has 0 aromatic heterocycles. The van der Waals surface area contributed by atoms with Gasteiger partial charge >= 0.3 is 12.4 Å². The van der Waals surface area contributed by atoms with Gasteiger partial charge in [0.1, 0.15) is 5.76 Å². The van der Waals surface area contributed by atoms with Crippen molar-refractivity contribution in [2.75, 3.05) is 0 Å². The molecule has 0 saturated carbocycles. The molecule has 2 nitrogen and oxygen atoms in total. The summed E-state index contributed by atoms with van der Waals surface area (Å²) in [5.74, 6) is -0.973. The Kier molecular flexibility index (Phi) is 3.79. The van der Waals surface area contributed by atoms with E-state index in [4.69, 9.17) is 5.26 Å². The van der Waals surface area contributed by atoms with Gasteiger partial charge in [-0.05, 0) is 18.2 Å². The van der Waals surface area contributed by atoms with E-state index in [1.807, 2.05) is 0 Å². The molecular weight excluding hydrogens is 276 g/mol. The summed E-state index contributed by atoms with van der Waals surface area (Å²) in [6, 6.07) is 1.91. The van der Waals surface area contributed by atoms with Crippen LogP contribution in [-0.2, 0) is 12.4 Å². The first-order chi connectivity index (χ1) is 8.55. The minimum absolute atomic E-state index is 0.0663. The van der Waals surface area contributed by atoms with Crippen LogP contribution in [0.3, 0.4) is 0 Å². The first kappa shape index (κ1) is 14.9. The first-order valence-corrected chi connectivity index (χ1v) is 4.64. The van der Waals surface area contributed by atoms with E-state index in [0.717, 1.165) is 0 Å². The van der Waals surface area contributed by atoms with Gasteiger partial charge in [-0.3, -0.25) is 0 Å². The monoisotopic (exact) mass is 281 g/mol. The van der Waals surface area contributed by atoms with Crippen molar-refractivity contribution in [3.8, 4) is 6.07 Å². The summed E-state index contributed by atoms with van der Waals surface area (Å²) in [4.78, 5) is 0. The molecule has 8 heteroatoms. The SMILES string of the molecule is N#C/C=C(/O)c1cc(C(F)(F)F)cc(C(F)(F)F)c1. The maximum absolute atomic E-state index is 12.5. The maximum atomic E-state index is 12.5. The Morgan fingerprint density at radius 3 is 1.74 bits per heavy atom. The Balaban J connectivity index is 3.51. The largest absolute Gasteiger partial charge is 0.507 e. The molecule has 1 N–H and O–H groups in total. The highest BCUT2D eigenvalue weighted by molar-refractivity contribution is 5.62. The third-order valence-corrected chi connectivity index (χ3v) is 2.08. The molecule has 1 aromatic carbocycles. The number of rotatable bonds is 1. The number of benzene rings is 1. The van der Waals surface area contributed by atoms with Crippen molar-refractivity contribution < 1.29 is 31.4 Å². The van der Waals surface area contributed by atoms with E-state index in [-0.39, 0.29) is 6.07 Å². The lowest BCUT2D eigenvalue weighted by molar-refractivity contribution is -0.143. The van der Waals surface area contributed by atoms with Crippen molar-refractivity contribution in [1.29, 1.82) is 5.26 Å². The van der Waals surface area contributed by atoms with Gasteiger partial charge in [-0.15, -0.1) is 0 Å². The lowest BCUT2D eigenvalue weighted by Crippen LogP contribution is -2.11. The number of nitrogens with zero attached hydrogens (tertiary/aromatic N) is 1. The zero-order valence-corrected chi connectivity index (χ0v) is 8.97. The smallest absolute Gasteiger partial charge is 0.416 e. The number of alkyl halides is 6. The molecule has 102 valence electrons. The number of hydrogen-bond acceptors (Lipinski definition) is 2. The third-order valence-electron chi connectivity index (χ3n) is 2.08. The van der Waals surface area contributed by atoms with E-state index in [1.54, 1.807) is 0 Å². The van der Waals surface area contributed by atoms with E-state index in [1.165, 1.54) is 6.07 Å². The molecule has 0 unspecified atom stereocenters. The quantitative estimate of drug-likeness (QED) is 0.477. The molecule has 0 heterocycles. The second-order valence-electron chi connectivity index (χ2n) is 3.45. The van der Waals surface area contributed by atoms with Crippen molar-refractivity contribution in [1.82, 2.24) is 0 Å². The highest BCUT2D eigenvalue weighted by Gasteiger charge is 2.37. The molecule has 0 atom stereocenters. The third kappa shape index (κ3) is 3.64. The Labute approximate surface area is 103 Å². The van der Waals surface area contributed by atoms with Crippen molar-refractivity contribution in [2.45, 2.75) is 12.4 Å². The molecule has 1 rings (SSSR count). The molecule has 0 amide bonds. The normalized spacial score (nSPS) is 13.2. The van der Waals surface area contributed by atoms with E-state index in [9.17, 15) is 31.4 Å². The van der Waals surface area contributed by atoms with Crippen LogP contribution in [0.5, 0.6) is 0 Å². The lowest BCUT2D eigenvalue weighted by Gasteiger charge is -2.13. The van der Waals surface area contributed by atoms with Crippen molar-refractivity contribution in [3.05, 3.63) is 41.0 Å². The fraction of sp³-hybridized carbons (Fsp3) is 0.182. The summed E-state index contributed by atoms with van der Waals surface area (Å²) in [6.45, 7) is 0. The van der Waals surface area contributed by atoms with Crippen LogP contribution in [0.1, 0.15) is 16.7 Å². The summed E-state index contributed by atoms with van der Waals surface area (Å²) in [5.41, 5.74) is -3.85. The number of nitriles is 1. The lowest BCUT2D eigenvalue weighted by atomic mass is 10.0. The van der Waals surface area contributed by atoms with Gasteiger partial charge in [-0.1, -0.05) is 0 Å². The van der Waals surface area contributed by atoms with Gasteiger partial charge in [0.2, 0.25) is 0 Å². The van der Waals surface area contributed by atoms with E-state index in [0.29, 0.717) is 18.2 Å². The Bertz CT molecular complexity index is 518. The first-order valence-electron chi connectivity index (χ1n) is 4.64. The van der Waals surface area contributed by atoms with Gasteiger partial charge < -0.3 is 5.11 Å². The second-order valence-corrected chi connectivity index (χ2v) is 3.45. The van der Waals surface area contributed by atoms with Crippen LogP contribution in [0, 0.1) is 11.3 Å². The van der Waals surface area contributed by atoms with E-state index >= 15 is 0 Å². The van der Waals surface area contributed by atoms with Crippen LogP contribution in [-0.4, -0.2) is 5.11 Å². The van der Waals surface area contributed by atoms with Crippen LogP contribution < -0.4 is 0 Å². The average molecular weight is 281 g/mol. The van der Waals surface area contributed by atoms with E-state index < -0.39 is 34.8 Å². The molecule has 1 aromatic rings. The zero-order valence-electron chi connectivity index (χ0n) is 8.97. The molecule has 0 aliphatic heterocycles. The second kappa shape index (κ2) is 4.84.